The van der Waals surface area contributed by atoms with Crippen LogP contribution in [0.2, 0.25) is 0 Å². The van der Waals surface area contributed by atoms with E-state index in [0.29, 0.717) is 55.9 Å². The highest BCUT2D eigenvalue weighted by molar-refractivity contribution is 7.58. The Balaban J connectivity index is 1.36. The Kier molecular flexibility index (Phi) is 11.1. The number of nitrogens with two attached hydrogens (primary N) is 1. The number of nitrogens with one attached hydrogen (secondary N) is 2. The van der Waals surface area contributed by atoms with Crippen molar-refractivity contribution >= 4 is 24.5 Å². The lowest BCUT2D eigenvalue weighted by Gasteiger charge is -2.53. The van der Waals surface area contributed by atoms with Crippen LogP contribution in [0.4, 0.5) is 5.82 Å². The molecular formula is C31H56N7O6P. The third kappa shape index (κ3) is 7.89. The van der Waals surface area contributed by atoms with Gasteiger partial charge in [-0.2, -0.15) is 0 Å². The van der Waals surface area contributed by atoms with Crippen molar-refractivity contribution in [3.05, 3.63) is 12.7 Å². The van der Waals surface area contributed by atoms with Gasteiger partial charge in [-0.05, 0) is 71.8 Å². The summed E-state index contributed by atoms with van der Waals surface area (Å²) in [6, 6.07) is 0. The zero-order chi connectivity index (χ0) is 33.3. The van der Waals surface area contributed by atoms with Gasteiger partial charge >= 0.3 is 0 Å². The van der Waals surface area contributed by atoms with Crippen LogP contribution in [0.5, 0.6) is 0 Å². The summed E-state index contributed by atoms with van der Waals surface area (Å²) in [6.45, 7) is 18.0. The van der Waals surface area contributed by atoms with Crippen molar-refractivity contribution < 1.29 is 28.7 Å². The largest absolute Gasteiger partial charge is 0.390 e. The van der Waals surface area contributed by atoms with Crippen LogP contribution in [0.25, 0.3) is 11.2 Å². The van der Waals surface area contributed by atoms with Crippen LogP contribution < -0.4 is 11.1 Å². The van der Waals surface area contributed by atoms with E-state index >= 15 is 0 Å². The van der Waals surface area contributed by atoms with E-state index in [9.17, 15) is 10.2 Å². The van der Waals surface area contributed by atoms with Gasteiger partial charge < -0.3 is 39.8 Å². The fraction of sp³-hybridized carbons (Fsp3) is 0.839. The van der Waals surface area contributed by atoms with Gasteiger partial charge in [0.25, 0.3) is 0 Å². The molecule has 256 valence electrons. The minimum absolute atomic E-state index is 0.0571. The fourth-order valence-electron chi connectivity index (χ4n) is 6.13. The van der Waals surface area contributed by atoms with E-state index in [1.807, 2.05) is 25.3 Å². The molecule has 0 aromatic carbocycles. The minimum atomic E-state index is -3.24. The second kappa shape index (κ2) is 13.8. The van der Waals surface area contributed by atoms with Crippen LogP contribution in [0.1, 0.15) is 107 Å². The quantitative estimate of drug-likeness (QED) is 0.135. The Morgan fingerprint density at radius 3 is 2.58 bits per heavy atom. The van der Waals surface area contributed by atoms with E-state index in [1.54, 1.807) is 13.3 Å². The monoisotopic (exact) mass is 653 g/mol. The van der Waals surface area contributed by atoms with Crippen LogP contribution in [-0.2, 0) is 18.5 Å². The molecule has 0 aliphatic carbocycles. The molecule has 7 atom stereocenters. The third-order valence-corrected chi connectivity index (χ3v) is 12.6. The van der Waals surface area contributed by atoms with Gasteiger partial charge in [0.15, 0.2) is 22.3 Å². The van der Waals surface area contributed by atoms with Gasteiger partial charge in [0.05, 0.1) is 29.7 Å². The van der Waals surface area contributed by atoms with E-state index in [2.05, 4.69) is 48.0 Å². The molecule has 0 spiro atoms. The van der Waals surface area contributed by atoms with Crippen LogP contribution in [0.15, 0.2) is 12.7 Å². The Morgan fingerprint density at radius 2 is 1.93 bits per heavy atom. The highest BCUT2D eigenvalue weighted by Crippen LogP contribution is 2.73. The molecule has 2 saturated heterocycles. The number of ether oxygens (including phenoxy) is 2. The average molecular weight is 654 g/mol. The van der Waals surface area contributed by atoms with Crippen LogP contribution in [0, 0.1) is 10.6 Å². The number of anilines is 1. The number of aliphatic hydroxyl groups is 2. The first-order chi connectivity index (χ1) is 21.0. The van der Waals surface area contributed by atoms with Gasteiger partial charge in [0.1, 0.15) is 18.7 Å². The van der Waals surface area contributed by atoms with Crippen molar-refractivity contribution in [2.75, 3.05) is 25.0 Å². The summed E-state index contributed by atoms with van der Waals surface area (Å²) in [5, 5.41) is 32.8. The fourth-order valence-corrected chi connectivity index (χ4v) is 8.69. The predicted octanol–water partition coefficient (Wildman–Crippen LogP) is 5.54. The molecule has 4 heterocycles. The molecule has 2 fully saturated rings. The summed E-state index contributed by atoms with van der Waals surface area (Å²) in [5.74, 6) is 0.640. The van der Waals surface area contributed by atoms with Gasteiger partial charge in [-0.1, -0.05) is 27.7 Å². The second-order valence-electron chi connectivity index (χ2n) is 14.4. The number of aliphatic hydroxyl groups excluding tert-OH is 1. The number of nitrogens with zero attached hydrogens (tertiary/aromatic N) is 4. The second-order valence-corrected chi connectivity index (χ2v) is 16.6. The summed E-state index contributed by atoms with van der Waals surface area (Å²) < 4.78 is 26.2. The summed E-state index contributed by atoms with van der Waals surface area (Å²) in [6.07, 6.45) is 5.73. The number of rotatable bonds is 17. The normalized spacial score (nSPS) is 30.4. The maximum absolute atomic E-state index is 11.0. The predicted molar refractivity (Wildman–Crippen MR) is 175 cm³/mol. The number of hydrogen-bond acceptors (Lipinski definition) is 12. The minimum Gasteiger partial charge on any atom is -0.390 e. The first-order valence-electron chi connectivity index (χ1n) is 16.4. The van der Waals surface area contributed by atoms with Crippen LogP contribution in [-0.4, -0.2) is 84.3 Å². The molecule has 2 aliphatic heterocycles. The van der Waals surface area contributed by atoms with Crippen molar-refractivity contribution in [3.8, 4) is 0 Å². The Bertz CT molecular complexity index is 1340. The standard InChI is InChI=1S/C31H56N7O6P/c1-9-30(8,12-11-14-32)41-15-13-28(4,5)18-34-26-25-27(36-19-35-26)38(20-37-25)24-16-22(39)23(42-24)17-29(6,7)44-45(33)31(40,10-2)21(3)43-45/h19-24,33,39-40H,9-18,32H2,1-8H3,(H,34,35,36). The van der Waals surface area contributed by atoms with Gasteiger partial charge in [-0.25, -0.2) is 15.0 Å². The molecule has 4 rings (SSSR count). The molecular weight excluding hydrogens is 597 g/mol. The van der Waals surface area contributed by atoms with E-state index in [4.69, 9.17) is 29.4 Å². The number of imidazole rings is 1. The van der Waals surface area contributed by atoms with E-state index in [0.717, 1.165) is 25.7 Å². The van der Waals surface area contributed by atoms with E-state index in [-0.39, 0.29) is 11.0 Å². The molecule has 2 aromatic heterocycles. The van der Waals surface area contributed by atoms with Crippen LogP contribution in [0.3, 0.4) is 0 Å². The van der Waals surface area contributed by atoms with Gasteiger partial charge in [-0.3, -0.25) is 9.73 Å². The van der Waals surface area contributed by atoms with Crippen molar-refractivity contribution in [2.45, 2.75) is 141 Å². The molecule has 13 nitrogen and oxygen atoms in total. The van der Waals surface area contributed by atoms with Crippen molar-refractivity contribution in [3.63, 3.8) is 0 Å². The smallest absolute Gasteiger partial charge is 0.245 e. The van der Waals surface area contributed by atoms with E-state index < -0.39 is 43.0 Å². The highest BCUT2D eigenvalue weighted by Gasteiger charge is 2.61. The number of hydrogen-bond donors (Lipinski definition) is 5. The van der Waals surface area contributed by atoms with Gasteiger partial charge in [-0.15, -0.1) is 0 Å². The molecule has 2 aliphatic rings. The number of aromatic nitrogens is 4. The Hall–Kier alpha value is -1.70. The molecule has 7 unspecified atom stereocenters. The molecule has 0 amide bonds. The highest BCUT2D eigenvalue weighted by atomic mass is 31.2. The first-order valence-corrected chi connectivity index (χ1v) is 18.0. The first kappa shape index (κ1) is 36.1. The SMILES string of the molecule is CCC(C)(CCCN)OCCC(C)(C)CNc1ncnc2c1ncn2C1CC(O)C(CC(C)(C)OP2(=N)OC(C)C2(O)CC)O1. The third-order valence-electron chi connectivity index (χ3n) is 9.55. The van der Waals surface area contributed by atoms with E-state index in [1.165, 1.54) is 6.33 Å². The topological polar surface area (TPSA) is 183 Å². The Morgan fingerprint density at radius 1 is 1.20 bits per heavy atom. The zero-order valence-electron chi connectivity index (χ0n) is 28.4. The molecule has 0 bridgehead atoms. The molecule has 2 aromatic rings. The van der Waals surface area contributed by atoms with Gasteiger partial charge in [0, 0.05) is 26.0 Å². The van der Waals surface area contributed by atoms with Crippen LogP contribution >= 0.6 is 7.51 Å². The summed E-state index contributed by atoms with van der Waals surface area (Å²) in [7, 11) is -3.24. The van der Waals surface area contributed by atoms with Crippen molar-refractivity contribution in [1.82, 2.24) is 19.5 Å². The molecule has 14 heteroatoms. The summed E-state index contributed by atoms with van der Waals surface area (Å²) in [5.41, 5.74) is 5.88. The molecule has 45 heavy (non-hydrogen) atoms. The molecule has 0 radical (unpaired) electrons. The van der Waals surface area contributed by atoms with Crippen molar-refractivity contribution in [2.24, 2.45) is 11.1 Å². The van der Waals surface area contributed by atoms with Gasteiger partial charge in [0.2, 0.25) is 7.51 Å². The zero-order valence-corrected chi connectivity index (χ0v) is 29.3. The lowest BCUT2D eigenvalue weighted by atomic mass is 9.89. The summed E-state index contributed by atoms with van der Waals surface area (Å²) in [4.78, 5) is 13.6. The molecule has 0 saturated carbocycles. The maximum Gasteiger partial charge on any atom is 0.245 e. The molecule has 6 N–H and O–H groups in total. The number of fused-ring (bicyclic) bond motifs is 1. The van der Waals surface area contributed by atoms with Crippen molar-refractivity contribution in [1.29, 1.82) is 5.16 Å². The maximum atomic E-state index is 11.0. The summed E-state index contributed by atoms with van der Waals surface area (Å²) >= 11 is 0. The lowest BCUT2D eigenvalue weighted by Crippen LogP contribution is -2.53. The lowest BCUT2D eigenvalue weighted by molar-refractivity contribution is -0.103. The average Bonchev–Trinajstić information content (AvgIpc) is 3.57. The Labute approximate surface area is 268 Å².